The fourth-order valence-corrected chi connectivity index (χ4v) is 2.31. The van der Waals surface area contributed by atoms with Crippen LogP contribution in [0.25, 0.3) is 10.9 Å². The fourth-order valence-electron chi connectivity index (χ4n) is 2.31. The number of nitrogens with two attached hydrogens (primary N) is 1. The summed E-state index contributed by atoms with van der Waals surface area (Å²) in [6, 6.07) is 10.5. The summed E-state index contributed by atoms with van der Waals surface area (Å²) >= 11 is 0. The Labute approximate surface area is 112 Å². The van der Waals surface area contributed by atoms with Crippen LogP contribution in [0.3, 0.4) is 0 Å². The predicted octanol–water partition coefficient (Wildman–Crippen LogP) is 3.05. The number of nitrogen functional groups attached to an aromatic ring is 1. The zero-order chi connectivity index (χ0) is 13.4. The maximum Gasteiger partial charge on any atom is 0.0821 e. The van der Waals surface area contributed by atoms with Crippen molar-refractivity contribution < 1.29 is 0 Å². The molecular formula is C15H18N4. The molecule has 4 heteroatoms. The zero-order valence-corrected chi connectivity index (χ0v) is 11.2. The highest BCUT2D eigenvalue weighted by molar-refractivity contribution is 5.91. The monoisotopic (exact) mass is 254 g/mol. The van der Waals surface area contributed by atoms with Crippen molar-refractivity contribution in [3.8, 4) is 0 Å². The van der Waals surface area contributed by atoms with Gasteiger partial charge in [0.15, 0.2) is 0 Å². The van der Waals surface area contributed by atoms with Crippen LogP contribution in [0, 0.1) is 0 Å². The van der Waals surface area contributed by atoms with E-state index in [2.05, 4.69) is 47.9 Å². The van der Waals surface area contributed by atoms with Gasteiger partial charge in [-0.3, -0.25) is 4.68 Å². The molecule has 2 aromatic heterocycles. The van der Waals surface area contributed by atoms with Gasteiger partial charge >= 0.3 is 0 Å². The summed E-state index contributed by atoms with van der Waals surface area (Å²) in [5, 5.41) is 5.68. The van der Waals surface area contributed by atoms with Crippen LogP contribution >= 0.6 is 0 Å². The lowest BCUT2D eigenvalue weighted by Gasteiger charge is -2.05. The molecular weight excluding hydrogens is 236 g/mol. The van der Waals surface area contributed by atoms with Gasteiger partial charge < -0.3 is 10.3 Å². The predicted molar refractivity (Wildman–Crippen MR) is 78.1 cm³/mol. The van der Waals surface area contributed by atoms with Gasteiger partial charge in [-0.25, -0.2) is 0 Å². The summed E-state index contributed by atoms with van der Waals surface area (Å²) in [5.74, 6) is 0. The molecule has 0 aliphatic carbocycles. The van der Waals surface area contributed by atoms with Crippen molar-refractivity contribution in [3.63, 3.8) is 0 Å². The Morgan fingerprint density at radius 2 is 2.00 bits per heavy atom. The van der Waals surface area contributed by atoms with E-state index in [0.717, 1.165) is 28.8 Å². The number of rotatable bonds is 3. The molecule has 0 aliphatic rings. The van der Waals surface area contributed by atoms with Gasteiger partial charge in [-0.1, -0.05) is 6.07 Å². The van der Waals surface area contributed by atoms with Gasteiger partial charge in [-0.2, -0.15) is 5.10 Å². The molecule has 1 aromatic carbocycles. The summed E-state index contributed by atoms with van der Waals surface area (Å²) in [7, 11) is 0. The van der Waals surface area contributed by atoms with Gasteiger partial charge in [0.25, 0.3) is 0 Å². The Kier molecular flexibility index (Phi) is 2.78. The van der Waals surface area contributed by atoms with Gasteiger partial charge in [0, 0.05) is 29.5 Å². The molecule has 0 radical (unpaired) electrons. The number of aromatic nitrogens is 3. The fraction of sp³-hybridized carbons (Fsp3) is 0.267. The minimum absolute atomic E-state index is 0.394. The van der Waals surface area contributed by atoms with Crippen molar-refractivity contribution in [1.29, 1.82) is 0 Å². The Balaban J connectivity index is 1.94. The molecule has 3 rings (SSSR count). The van der Waals surface area contributed by atoms with Gasteiger partial charge in [0.05, 0.1) is 17.8 Å². The van der Waals surface area contributed by atoms with E-state index in [9.17, 15) is 0 Å². The smallest absolute Gasteiger partial charge is 0.0821 e. The minimum Gasteiger partial charge on any atom is -0.398 e. The van der Waals surface area contributed by atoms with Crippen molar-refractivity contribution >= 4 is 16.6 Å². The molecule has 2 N–H and O–H groups in total. The molecule has 0 bridgehead atoms. The Hall–Kier alpha value is -2.23. The number of fused-ring (bicyclic) bond motifs is 1. The Bertz CT molecular complexity index is 706. The lowest BCUT2D eigenvalue weighted by atomic mass is 10.2. The van der Waals surface area contributed by atoms with Gasteiger partial charge in [-0.05, 0) is 38.1 Å². The van der Waals surface area contributed by atoms with Crippen LogP contribution in [-0.4, -0.2) is 14.3 Å². The lowest BCUT2D eigenvalue weighted by molar-refractivity contribution is 0.524. The highest BCUT2D eigenvalue weighted by atomic mass is 15.3. The summed E-state index contributed by atoms with van der Waals surface area (Å²) in [6.07, 6.45) is 4.09. The first-order chi connectivity index (χ1) is 9.15. The molecule has 0 fully saturated rings. The summed E-state index contributed by atoms with van der Waals surface area (Å²) < 4.78 is 4.16. The van der Waals surface area contributed by atoms with Crippen LogP contribution in [0.5, 0.6) is 0 Å². The van der Waals surface area contributed by atoms with E-state index < -0.39 is 0 Å². The van der Waals surface area contributed by atoms with Crippen LogP contribution in [-0.2, 0) is 6.54 Å². The standard InChI is InChI=1S/C15H18N4/c1-11(2)19-9-6-12(17-19)10-18-8-7-13-14(16)4-3-5-15(13)18/h3-9,11H,10,16H2,1-2H3. The average Bonchev–Trinajstić information content (AvgIpc) is 2.98. The topological polar surface area (TPSA) is 48.8 Å². The molecule has 2 heterocycles. The lowest BCUT2D eigenvalue weighted by Crippen LogP contribution is -2.04. The number of anilines is 1. The second-order valence-corrected chi connectivity index (χ2v) is 5.10. The maximum atomic E-state index is 5.97. The molecule has 0 aliphatic heterocycles. The van der Waals surface area contributed by atoms with Crippen molar-refractivity contribution in [2.45, 2.75) is 26.4 Å². The Morgan fingerprint density at radius 1 is 1.16 bits per heavy atom. The van der Waals surface area contributed by atoms with E-state index in [1.807, 2.05) is 23.0 Å². The molecule has 3 aromatic rings. The van der Waals surface area contributed by atoms with Gasteiger partial charge in [0.2, 0.25) is 0 Å². The molecule has 0 atom stereocenters. The molecule has 4 nitrogen and oxygen atoms in total. The second kappa shape index (κ2) is 4.46. The van der Waals surface area contributed by atoms with Gasteiger partial charge in [-0.15, -0.1) is 0 Å². The van der Waals surface area contributed by atoms with Crippen LogP contribution < -0.4 is 5.73 Å². The first-order valence-corrected chi connectivity index (χ1v) is 6.52. The average molecular weight is 254 g/mol. The molecule has 0 spiro atoms. The van der Waals surface area contributed by atoms with Crippen LogP contribution in [0.1, 0.15) is 25.6 Å². The first kappa shape index (κ1) is 11.8. The molecule has 0 saturated heterocycles. The maximum absolute atomic E-state index is 5.97. The van der Waals surface area contributed by atoms with Gasteiger partial charge in [0.1, 0.15) is 0 Å². The summed E-state index contributed by atoms with van der Waals surface area (Å²) in [5.41, 5.74) is 9.01. The van der Waals surface area contributed by atoms with Crippen LogP contribution in [0.4, 0.5) is 5.69 Å². The van der Waals surface area contributed by atoms with Crippen LogP contribution in [0.15, 0.2) is 42.7 Å². The third-order valence-electron chi connectivity index (χ3n) is 3.37. The quantitative estimate of drug-likeness (QED) is 0.730. The van der Waals surface area contributed by atoms with Crippen molar-refractivity contribution in [1.82, 2.24) is 14.3 Å². The molecule has 98 valence electrons. The van der Waals surface area contributed by atoms with E-state index in [0.29, 0.717) is 6.04 Å². The molecule has 0 amide bonds. The summed E-state index contributed by atoms with van der Waals surface area (Å²) in [4.78, 5) is 0. The van der Waals surface area contributed by atoms with E-state index in [1.165, 1.54) is 0 Å². The number of hydrogen-bond donors (Lipinski definition) is 1. The number of nitrogens with zero attached hydrogens (tertiary/aromatic N) is 3. The molecule has 0 unspecified atom stereocenters. The van der Waals surface area contributed by atoms with Crippen molar-refractivity contribution in [2.75, 3.05) is 5.73 Å². The SMILES string of the molecule is CC(C)n1ccc(Cn2ccc3c(N)cccc32)n1. The second-order valence-electron chi connectivity index (χ2n) is 5.10. The third kappa shape index (κ3) is 2.10. The number of benzene rings is 1. The van der Waals surface area contributed by atoms with Crippen LogP contribution in [0.2, 0.25) is 0 Å². The highest BCUT2D eigenvalue weighted by Gasteiger charge is 2.06. The largest absolute Gasteiger partial charge is 0.398 e. The zero-order valence-electron chi connectivity index (χ0n) is 11.2. The van der Waals surface area contributed by atoms with E-state index in [-0.39, 0.29) is 0 Å². The van der Waals surface area contributed by atoms with E-state index in [1.54, 1.807) is 0 Å². The minimum atomic E-state index is 0.394. The van der Waals surface area contributed by atoms with Crippen molar-refractivity contribution in [2.24, 2.45) is 0 Å². The van der Waals surface area contributed by atoms with E-state index >= 15 is 0 Å². The Morgan fingerprint density at radius 3 is 2.74 bits per heavy atom. The summed E-state index contributed by atoms with van der Waals surface area (Å²) in [6.45, 7) is 5.03. The normalized spacial score (nSPS) is 11.5. The molecule has 19 heavy (non-hydrogen) atoms. The molecule has 0 saturated carbocycles. The highest BCUT2D eigenvalue weighted by Crippen LogP contribution is 2.22. The number of hydrogen-bond acceptors (Lipinski definition) is 2. The first-order valence-electron chi connectivity index (χ1n) is 6.52. The third-order valence-corrected chi connectivity index (χ3v) is 3.37. The van der Waals surface area contributed by atoms with E-state index in [4.69, 9.17) is 5.73 Å². The van der Waals surface area contributed by atoms with Crippen molar-refractivity contribution in [3.05, 3.63) is 48.4 Å².